The Morgan fingerprint density at radius 3 is 2.71 bits per heavy atom. The number of carbonyl (C=O) groups is 1. The number of H-pyrrole nitrogens is 1. The lowest BCUT2D eigenvalue weighted by Crippen LogP contribution is -2.54. The highest BCUT2D eigenvalue weighted by Crippen LogP contribution is 2.39. The summed E-state index contributed by atoms with van der Waals surface area (Å²) in [6.45, 7) is 5.62. The SMILES string of the molecule is C[C@@H]1c2[nH]c(Nc3ccccc3C(F)(F)F)nc2C=C(C(=O)Nc2ccc3c(c2)NI=C3)C1N1CCN(CCO)CC1. The van der Waals surface area contributed by atoms with Crippen molar-refractivity contribution >= 4 is 60.0 Å². The molecule has 1 amide bonds. The van der Waals surface area contributed by atoms with Crippen LogP contribution in [0.3, 0.4) is 0 Å². The van der Waals surface area contributed by atoms with Crippen LogP contribution < -0.4 is 14.2 Å². The first-order chi connectivity index (χ1) is 20.2. The van der Waals surface area contributed by atoms with Crippen LogP contribution in [0.2, 0.25) is 0 Å². The number of anilines is 4. The number of aromatic amines is 1. The number of β-amino-alcohol motifs (C(OH)–C–C–N with tert-alkyl or cyclic N) is 1. The largest absolute Gasteiger partial charge is 0.418 e. The van der Waals surface area contributed by atoms with Gasteiger partial charge in [-0.3, -0.25) is 14.6 Å². The zero-order chi connectivity index (χ0) is 29.4. The minimum absolute atomic E-state index is 0.0908. The molecule has 1 saturated heterocycles. The summed E-state index contributed by atoms with van der Waals surface area (Å²) in [5.41, 5.74) is 3.76. The van der Waals surface area contributed by atoms with Gasteiger partial charge in [0, 0.05) is 67.2 Å². The maximum Gasteiger partial charge on any atom is 0.418 e. The van der Waals surface area contributed by atoms with Crippen molar-refractivity contribution in [3.05, 3.63) is 70.6 Å². The van der Waals surface area contributed by atoms with E-state index in [1.807, 2.05) is 25.1 Å². The molecule has 2 atom stereocenters. The van der Waals surface area contributed by atoms with E-state index in [2.05, 4.69) is 37.9 Å². The van der Waals surface area contributed by atoms with E-state index in [4.69, 9.17) is 0 Å². The summed E-state index contributed by atoms with van der Waals surface area (Å²) < 4.78 is 46.4. The number of piperazine rings is 1. The number of fused-ring (bicyclic) bond motifs is 2. The molecule has 0 bridgehead atoms. The molecule has 1 unspecified atom stereocenters. The van der Waals surface area contributed by atoms with Crippen molar-refractivity contribution < 1.29 is 23.1 Å². The van der Waals surface area contributed by atoms with E-state index < -0.39 is 11.7 Å². The van der Waals surface area contributed by atoms with Crippen molar-refractivity contribution in [3.8, 4) is 0 Å². The Hall–Kier alpha value is -3.27. The molecule has 3 aromatic rings. The number of hydrogen-bond acceptors (Lipinski definition) is 7. The third-order valence-electron chi connectivity index (χ3n) is 7.90. The van der Waals surface area contributed by atoms with Gasteiger partial charge in [-0.05, 0) is 55.4 Å². The number of amides is 1. The third-order valence-corrected chi connectivity index (χ3v) is 9.78. The van der Waals surface area contributed by atoms with Crippen LogP contribution in [0.15, 0.2) is 48.0 Å². The zero-order valence-corrected chi connectivity index (χ0v) is 25.0. The smallest absolute Gasteiger partial charge is 0.395 e. The molecule has 1 fully saturated rings. The average Bonchev–Trinajstić information content (AvgIpc) is 3.60. The van der Waals surface area contributed by atoms with Crippen LogP contribution in [0.25, 0.3) is 6.08 Å². The highest BCUT2D eigenvalue weighted by Gasteiger charge is 2.39. The van der Waals surface area contributed by atoms with Crippen molar-refractivity contribution in [2.75, 3.05) is 53.5 Å². The van der Waals surface area contributed by atoms with Gasteiger partial charge in [-0.15, -0.1) is 0 Å². The molecule has 0 radical (unpaired) electrons. The molecular formula is C29H31F3IN7O2. The van der Waals surface area contributed by atoms with Gasteiger partial charge in [0.05, 0.1) is 29.2 Å². The van der Waals surface area contributed by atoms with Crippen LogP contribution in [0.1, 0.15) is 35.4 Å². The number of aliphatic hydroxyl groups excluding tert-OH is 1. The molecule has 5 N–H and O–H groups in total. The van der Waals surface area contributed by atoms with Gasteiger partial charge in [0.25, 0.3) is 5.91 Å². The summed E-state index contributed by atoms with van der Waals surface area (Å²) in [7, 11) is 0. The number of nitrogens with one attached hydrogen (secondary N) is 4. The van der Waals surface area contributed by atoms with Gasteiger partial charge < -0.3 is 24.3 Å². The second-order valence-electron chi connectivity index (χ2n) is 10.6. The third kappa shape index (κ3) is 5.82. The Morgan fingerprint density at radius 2 is 1.95 bits per heavy atom. The minimum atomic E-state index is -4.52. The predicted octanol–water partition coefficient (Wildman–Crippen LogP) is 4.75. The lowest BCUT2D eigenvalue weighted by Gasteiger charge is -2.43. The number of hydrogen-bond donors (Lipinski definition) is 5. The highest BCUT2D eigenvalue weighted by molar-refractivity contribution is 14.2. The van der Waals surface area contributed by atoms with E-state index in [1.165, 1.54) is 18.2 Å². The molecule has 2 aromatic carbocycles. The van der Waals surface area contributed by atoms with E-state index in [0.29, 0.717) is 36.6 Å². The van der Waals surface area contributed by atoms with Crippen LogP contribution in [0.4, 0.5) is 36.2 Å². The fourth-order valence-electron chi connectivity index (χ4n) is 5.82. The Balaban J connectivity index is 1.31. The first-order valence-electron chi connectivity index (χ1n) is 13.7. The number of aromatic nitrogens is 2. The van der Waals surface area contributed by atoms with Gasteiger partial charge in [0.15, 0.2) is 0 Å². The summed E-state index contributed by atoms with van der Waals surface area (Å²) in [6, 6.07) is 10.8. The predicted molar refractivity (Wildman–Crippen MR) is 166 cm³/mol. The van der Waals surface area contributed by atoms with Crippen molar-refractivity contribution in [3.63, 3.8) is 0 Å². The van der Waals surface area contributed by atoms with Gasteiger partial charge in [0.2, 0.25) is 5.95 Å². The second kappa shape index (κ2) is 11.8. The molecule has 9 nitrogen and oxygen atoms in total. The summed E-state index contributed by atoms with van der Waals surface area (Å²) in [4.78, 5) is 26.1. The quantitative estimate of drug-likeness (QED) is 0.180. The molecule has 6 rings (SSSR count). The fourth-order valence-corrected chi connectivity index (χ4v) is 7.66. The molecule has 222 valence electrons. The Bertz CT molecular complexity index is 1550. The summed E-state index contributed by atoms with van der Waals surface area (Å²) in [5, 5.41) is 15.2. The van der Waals surface area contributed by atoms with Crippen LogP contribution in [0.5, 0.6) is 0 Å². The zero-order valence-electron chi connectivity index (χ0n) is 22.8. The number of alkyl halides is 3. The number of benzene rings is 2. The van der Waals surface area contributed by atoms with Crippen LogP contribution in [-0.2, 0) is 11.0 Å². The molecule has 1 aliphatic carbocycles. The Morgan fingerprint density at radius 1 is 1.17 bits per heavy atom. The monoisotopic (exact) mass is 693 g/mol. The molecule has 3 aliphatic rings. The molecule has 0 spiro atoms. The first kappa shape index (κ1) is 28.8. The number of halogens is 4. The number of nitrogens with zero attached hydrogens (tertiary/aromatic N) is 3. The van der Waals surface area contributed by atoms with Gasteiger partial charge in [0.1, 0.15) is 0 Å². The van der Waals surface area contributed by atoms with E-state index in [-0.39, 0.29) is 57.1 Å². The molecule has 1 aromatic heterocycles. The maximum atomic E-state index is 13.8. The molecular weight excluding hydrogens is 662 g/mol. The molecule has 42 heavy (non-hydrogen) atoms. The first-order valence-corrected chi connectivity index (χ1v) is 16.0. The van der Waals surface area contributed by atoms with Gasteiger partial charge in [-0.2, -0.15) is 13.2 Å². The van der Waals surface area contributed by atoms with Crippen LogP contribution in [0, 0.1) is 0 Å². The number of rotatable bonds is 7. The summed E-state index contributed by atoms with van der Waals surface area (Å²) in [6.07, 6.45) is -2.78. The normalized spacial score (nSPS) is 20.6. The van der Waals surface area contributed by atoms with Crippen molar-refractivity contribution in [2.45, 2.75) is 25.1 Å². The van der Waals surface area contributed by atoms with E-state index in [0.717, 1.165) is 36.1 Å². The molecule has 13 heteroatoms. The number of para-hydroxylation sites is 1. The van der Waals surface area contributed by atoms with Gasteiger partial charge in [-0.25, -0.2) is 4.98 Å². The average molecular weight is 694 g/mol. The summed E-state index contributed by atoms with van der Waals surface area (Å²) in [5.74, 6) is -0.263. The van der Waals surface area contributed by atoms with Crippen molar-refractivity contribution in [2.24, 2.45) is 0 Å². The van der Waals surface area contributed by atoms with Crippen molar-refractivity contribution in [1.29, 1.82) is 0 Å². The number of carbonyl (C=O) groups excluding carboxylic acids is 1. The minimum Gasteiger partial charge on any atom is -0.395 e. The molecule has 0 saturated carbocycles. The lowest BCUT2D eigenvalue weighted by atomic mass is 9.83. The molecule has 3 heterocycles. The maximum absolute atomic E-state index is 13.8. The lowest BCUT2D eigenvalue weighted by molar-refractivity contribution is -0.136. The summed E-state index contributed by atoms with van der Waals surface area (Å²) >= 11 is -0.224. The van der Waals surface area contributed by atoms with E-state index in [1.54, 1.807) is 6.08 Å². The van der Waals surface area contributed by atoms with Gasteiger partial charge >= 0.3 is 6.18 Å². The van der Waals surface area contributed by atoms with Crippen LogP contribution >= 0.6 is 21.0 Å². The number of imidazole rings is 1. The van der Waals surface area contributed by atoms with E-state index >= 15 is 0 Å². The highest BCUT2D eigenvalue weighted by atomic mass is 127. The van der Waals surface area contributed by atoms with Crippen LogP contribution in [-0.4, -0.2) is 80.2 Å². The molecule has 2 aliphatic heterocycles. The Labute approximate surface area is 251 Å². The van der Waals surface area contributed by atoms with Crippen molar-refractivity contribution in [1.82, 2.24) is 19.8 Å². The fraction of sp³-hybridized carbons (Fsp3) is 0.345. The number of aliphatic hydroxyl groups is 1. The van der Waals surface area contributed by atoms with E-state index in [9.17, 15) is 23.1 Å². The Kier molecular flexibility index (Phi) is 8.09. The van der Waals surface area contributed by atoms with Gasteiger partial charge in [-0.1, -0.05) is 25.1 Å². The second-order valence-corrected chi connectivity index (χ2v) is 12.3. The standard InChI is InChI=1S/C29H31F3IN7O2/c1-17-25-24(36-28(37-25)35-22-5-3-2-4-21(22)29(30,31)32)15-20(26(17)40-10-8-39(9-11-40)12-13-41)27(42)34-19-7-6-18-16-33-38-23(18)14-19/h2-7,14-17,26,38,41H,8-13H2,1H3,(H,34,42)(H2,35,36,37)/t17-,26?/m1/s1. The topological polar surface area (TPSA) is 109 Å².